The molecule has 0 saturated carbocycles. The predicted molar refractivity (Wildman–Crippen MR) is 87.3 cm³/mol. The Labute approximate surface area is 126 Å². The Morgan fingerprint density at radius 2 is 1.10 bits per heavy atom. The van der Waals surface area contributed by atoms with Gasteiger partial charge < -0.3 is 9.47 Å². The highest BCUT2D eigenvalue weighted by atomic mass is 35.7. The van der Waals surface area contributed by atoms with Crippen molar-refractivity contribution in [1.82, 2.24) is 0 Å². The van der Waals surface area contributed by atoms with Crippen LogP contribution < -0.4 is 20.1 Å². The Kier molecular flexibility index (Phi) is 5.70. The van der Waals surface area contributed by atoms with Gasteiger partial charge in [-0.05, 0) is 73.0 Å². The average molecular weight is 309 g/mol. The van der Waals surface area contributed by atoms with E-state index in [-0.39, 0.29) is 0 Å². The van der Waals surface area contributed by atoms with E-state index in [1.807, 2.05) is 62.4 Å². The second-order valence-corrected chi connectivity index (χ2v) is 6.74. The van der Waals surface area contributed by atoms with Crippen molar-refractivity contribution in [2.75, 3.05) is 13.2 Å². The van der Waals surface area contributed by atoms with Gasteiger partial charge in [-0.3, -0.25) is 0 Å². The molecule has 0 N–H and O–H groups in total. The Balaban J connectivity index is 2.11. The minimum absolute atomic E-state index is 0.674. The van der Waals surface area contributed by atoms with E-state index >= 15 is 0 Å². The SMILES string of the molecule is CCOc1ccc(P(Cl)c2ccc(OCC)cc2)cc1. The largest absolute Gasteiger partial charge is 0.494 e. The molecule has 0 aromatic heterocycles. The van der Waals surface area contributed by atoms with E-state index in [1.165, 1.54) is 0 Å². The topological polar surface area (TPSA) is 18.5 Å². The molecule has 0 saturated heterocycles. The summed E-state index contributed by atoms with van der Waals surface area (Å²) in [5.41, 5.74) is 0. The van der Waals surface area contributed by atoms with Gasteiger partial charge in [-0.1, -0.05) is 11.2 Å². The molecular weight excluding hydrogens is 291 g/mol. The zero-order chi connectivity index (χ0) is 14.4. The summed E-state index contributed by atoms with van der Waals surface area (Å²) in [5.74, 6) is 1.76. The summed E-state index contributed by atoms with van der Waals surface area (Å²) < 4.78 is 10.9. The smallest absolute Gasteiger partial charge is 0.119 e. The molecular formula is C16H18ClO2P. The monoisotopic (exact) mass is 308 g/mol. The van der Waals surface area contributed by atoms with Gasteiger partial charge in [-0.15, -0.1) is 0 Å². The van der Waals surface area contributed by atoms with Crippen molar-refractivity contribution in [1.29, 1.82) is 0 Å². The molecule has 2 rings (SSSR count). The molecule has 0 aliphatic carbocycles. The molecule has 0 atom stereocenters. The summed E-state index contributed by atoms with van der Waals surface area (Å²) in [7, 11) is -0.853. The molecule has 0 spiro atoms. The second-order valence-electron chi connectivity index (χ2n) is 4.13. The standard InChI is InChI=1S/C16H18ClO2P/c1-3-18-13-5-9-15(10-6-13)20(17)16-11-7-14(8-12-16)19-4-2/h5-12H,3-4H2,1-2H3. The van der Waals surface area contributed by atoms with E-state index in [2.05, 4.69) is 0 Å². The molecule has 0 fully saturated rings. The van der Waals surface area contributed by atoms with Crippen molar-refractivity contribution >= 4 is 29.1 Å². The Bertz CT molecular complexity index is 476. The Morgan fingerprint density at radius 3 is 1.40 bits per heavy atom. The first-order valence-electron chi connectivity index (χ1n) is 6.66. The highest BCUT2D eigenvalue weighted by Crippen LogP contribution is 2.39. The summed E-state index contributed by atoms with van der Waals surface area (Å²) in [4.78, 5) is 0. The number of hydrogen-bond donors (Lipinski definition) is 0. The lowest BCUT2D eigenvalue weighted by Crippen LogP contribution is -2.08. The van der Waals surface area contributed by atoms with Gasteiger partial charge in [-0.2, -0.15) is 0 Å². The molecule has 2 nitrogen and oxygen atoms in total. The molecule has 0 aliphatic rings. The highest BCUT2D eigenvalue weighted by Gasteiger charge is 2.11. The minimum Gasteiger partial charge on any atom is -0.494 e. The molecule has 0 unspecified atom stereocenters. The van der Waals surface area contributed by atoms with E-state index in [9.17, 15) is 0 Å². The van der Waals surface area contributed by atoms with Crippen molar-refractivity contribution in [3.05, 3.63) is 48.5 Å². The zero-order valence-corrected chi connectivity index (χ0v) is 13.3. The third kappa shape index (κ3) is 3.88. The van der Waals surface area contributed by atoms with Crippen LogP contribution in [0.5, 0.6) is 11.5 Å². The molecule has 0 bridgehead atoms. The predicted octanol–water partition coefficient (Wildman–Crippen LogP) is 4.07. The second kappa shape index (κ2) is 7.52. The normalized spacial score (nSPS) is 10.6. The van der Waals surface area contributed by atoms with Gasteiger partial charge in [0, 0.05) is 0 Å². The summed E-state index contributed by atoms with van der Waals surface area (Å²) in [6, 6.07) is 16.0. The molecule has 2 aromatic carbocycles. The van der Waals surface area contributed by atoms with Crippen LogP contribution in [0.2, 0.25) is 0 Å². The van der Waals surface area contributed by atoms with Crippen LogP contribution in [0.1, 0.15) is 13.8 Å². The number of halogens is 1. The lowest BCUT2D eigenvalue weighted by atomic mass is 10.3. The third-order valence-electron chi connectivity index (χ3n) is 2.75. The Hall–Kier alpha value is -1.24. The maximum atomic E-state index is 6.57. The summed E-state index contributed by atoms with van der Waals surface area (Å²) >= 11 is 6.57. The van der Waals surface area contributed by atoms with Gasteiger partial charge in [0.05, 0.1) is 20.5 Å². The first kappa shape index (κ1) is 15.2. The molecule has 0 amide bonds. The van der Waals surface area contributed by atoms with Crippen LogP contribution in [0.25, 0.3) is 0 Å². The number of rotatable bonds is 6. The molecule has 2 aromatic rings. The fourth-order valence-corrected chi connectivity index (χ4v) is 3.62. The van der Waals surface area contributed by atoms with E-state index < -0.39 is 7.27 Å². The third-order valence-corrected chi connectivity index (χ3v) is 5.42. The molecule has 0 aliphatic heterocycles. The summed E-state index contributed by atoms with van der Waals surface area (Å²) in [6.07, 6.45) is 0. The van der Waals surface area contributed by atoms with Gasteiger partial charge >= 0.3 is 0 Å². The number of ether oxygens (including phenoxy) is 2. The van der Waals surface area contributed by atoms with Gasteiger partial charge in [-0.25, -0.2) is 0 Å². The zero-order valence-electron chi connectivity index (χ0n) is 11.7. The maximum absolute atomic E-state index is 6.57. The molecule has 20 heavy (non-hydrogen) atoms. The van der Waals surface area contributed by atoms with Crippen molar-refractivity contribution in [2.45, 2.75) is 13.8 Å². The fourth-order valence-electron chi connectivity index (χ4n) is 1.83. The lowest BCUT2D eigenvalue weighted by Gasteiger charge is -2.12. The van der Waals surface area contributed by atoms with Crippen LogP contribution >= 0.6 is 18.5 Å². The van der Waals surface area contributed by atoms with Crippen molar-refractivity contribution in [3.63, 3.8) is 0 Å². The van der Waals surface area contributed by atoms with E-state index in [0.717, 1.165) is 22.1 Å². The first-order valence-corrected chi connectivity index (χ1v) is 8.91. The van der Waals surface area contributed by atoms with Crippen LogP contribution in [-0.2, 0) is 0 Å². The van der Waals surface area contributed by atoms with Gasteiger partial charge in [0.2, 0.25) is 0 Å². The van der Waals surface area contributed by atoms with Crippen LogP contribution in [0, 0.1) is 0 Å². The quantitative estimate of drug-likeness (QED) is 0.749. The maximum Gasteiger partial charge on any atom is 0.119 e. The van der Waals surface area contributed by atoms with Crippen LogP contribution in [0.3, 0.4) is 0 Å². The van der Waals surface area contributed by atoms with Crippen LogP contribution in [0.4, 0.5) is 0 Å². The van der Waals surface area contributed by atoms with Gasteiger partial charge in [0.1, 0.15) is 11.5 Å². The summed E-state index contributed by atoms with van der Waals surface area (Å²) in [5, 5.41) is 2.24. The van der Waals surface area contributed by atoms with Crippen LogP contribution in [0.15, 0.2) is 48.5 Å². The van der Waals surface area contributed by atoms with Crippen molar-refractivity contribution in [2.24, 2.45) is 0 Å². The van der Waals surface area contributed by atoms with Gasteiger partial charge in [0.25, 0.3) is 0 Å². The molecule has 0 heterocycles. The lowest BCUT2D eigenvalue weighted by molar-refractivity contribution is 0.340. The number of hydrogen-bond acceptors (Lipinski definition) is 2. The Morgan fingerprint density at radius 1 is 0.750 bits per heavy atom. The van der Waals surface area contributed by atoms with Crippen molar-refractivity contribution in [3.8, 4) is 11.5 Å². The van der Waals surface area contributed by atoms with E-state index in [1.54, 1.807) is 0 Å². The highest BCUT2D eigenvalue weighted by molar-refractivity contribution is 7.95. The fraction of sp³-hybridized carbons (Fsp3) is 0.250. The van der Waals surface area contributed by atoms with E-state index in [0.29, 0.717) is 13.2 Å². The minimum atomic E-state index is -0.853. The molecule has 4 heteroatoms. The first-order chi connectivity index (χ1) is 9.74. The molecule has 106 valence electrons. The van der Waals surface area contributed by atoms with Crippen molar-refractivity contribution < 1.29 is 9.47 Å². The number of benzene rings is 2. The summed E-state index contributed by atoms with van der Waals surface area (Å²) in [6.45, 7) is 5.30. The van der Waals surface area contributed by atoms with Crippen LogP contribution in [-0.4, -0.2) is 13.2 Å². The molecule has 0 radical (unpaired) electrons. The van der Waals surface area contributed by atoms with Gasteiger partial charge in [0.15, 0.2) is 0 Å². The average Bonchev–Trinajstić information content (AvgIpc) is 2.49. The van der Waals surface area contributed by atoms with E-state index in [4.69, 9.17) is 20.7 Å².